The van der Waals surface area contributed by atoms with Crippen LogP contribution in [0.2, 0.25) is 0 Å². The average molecular weight is 442 g/mol. The lowest BCUT2D eigenvalue weighted by Crippen LogP contribution is -2.29. The number of fused-ring (bicyclic) bond motifs is 1. The Labute approximate surface area is 193 Å². The zero-order valence-electron chi connectivity index (χ0n) is 19.0. The molecule has 6 heteroatoms. The third-order valence-corrected chi connectivity index (χ3v) is 5.84. The topological polar surface area (TPSA) is 74.4 Å². The molecule has 0 saturated heterocycles. The fourth-order valence-electron chi connectivity index (χ4n) is 3.97. The van der Waals surface area contributed by atoms with E-state index >= 15 is 0 Å². The predicted octanol–water partition coefficient (Wildman–Crippen LogP) is 4.58. The number of carbonyl (C=O) groups is 2. The molecular weight excluding hydrogens is 414 g/mol. The van der Waals surface area contributed by atoms with E-state index in [1.807, 2.05) is 38.5 Å². The van der Waals surface area contributed by atoms with E-state index in [0.717, 1.165) is 27.7 Å². The van der Waals surface area contributed by atoms with Crippen molar-refractivity contribution in [2.75, 3.05) is 32.6 Å². The zero-order chi connectivity index (χ0) is 23.4. The molecule has 1 amide bonds. The van der Waals surface area contributed by atoms with Gasteiger partial charge in [-0.25, -0.2) is 4.79 Å². The normalized spacial score (nSPS) is 11.7. The number of carbonyl (C=O) groups excluding carboxylic acids is 2. The number of aromatic amines is 1. The number of ether oxygens (including phenoxy) is 1. The summed E-state index contributed by atoms with van der Waals surface area (Å²) in [5.41, 5.74) is 5.32. The predicted molar refractivity (Wildman–Crippen MR) is 131 cm³/mol. The minimum Gasteiger partial charge on any atom is -0.465 e. The van der Waals surface area contributed by atoms with Gasteiger partial charge in [0.15, 0.2) is 0 Å². The van der Waals surface area contributed by atoms with E-state index in [1.54, 1.807) is 24.3 Å². The Kier molecular flexibility index (Phi) is 6.45. The van der Waals surface area contributed by atoms with Crippen LogP contribution in [0.5, 0.6) is 0 Å². The number of benzene rings is 3. The lowest BCUT2D eigenvalue weighted by Gasteiger charge is -2.20. The highest BCUT2D eigenvalue weighted by Gasteiger charge is 2.20. The number of aromatic nitrogens is 1. The molecule has 0 radical (unpaired) electrons. The van der Waals surface area contributed by atoms with Gasteiger partial charge >= 0.3 is 5.97 Å². The fraction of sp³-hybridized carbons (Fsp3) is 0.185. The van der Waals surface area contributed by atoms with Crippen LogP contribution in [0.4, 0.5) is 5.69 Å². The Morgan fingerprint density at radius 3 is 2.27 bits per heavy atom. The number of amides is 1. The molecule has 4 rings (SSSR count). The van der Waals surface area contributed by atoms with E-state index in [1.165, 1.54) is 7.11 Å². The Morgan fingerprint density at radius 2 is 1.61 bits per heavy atom. The van der Waals surface area contributed by atoms with Crippen LogP contribution in [-0.4, -0.2) is 44.6 Å². The first kappa shape index (κ1) is 22.1. The molecule has 0 aliphatic carbocycles. The molecule has 168 valence electrons. The number of anilines is 1. The van der Waals surface area contributed by atoms with Crippen LogP contribution in [0.15, 0.2) is 79.0 Å². The number of hydrogen-bond donors (Lipinski definition) is 2. The second-order valence-corrected chi connectivity index (χ2v) is 8.11. The summed E-state index contributed by atoms with van der Waals surface area (Å²) in [6.45, 7) is 0.431. The molecule has 0 saturated carbocycles. The molecule has 1 atom stereocenters. The van der Waals surface area contributed by atoms with Crippen molar-refractivity contribution in [1.82, 2.24) is 10.3 Å². The van der Waals surface area contributed by atoms with Gasteiger partial charge in [0.2, 0.25) is 0 Å². The van der Waals surface area contributed by atoms with Gasteiger partial charge in [-0.1, -0.05) is 30.3 Å². The van der Waals surface area contributed by atoms with E-state index < -0.39 is 5.97 Å². The molecule has 1 aromatic heterocycles. The van der Waals surface area contributed by atoms with Crippen molar-refractivity contribution in [2.24, 2.45) is 0 Å². The third kappa shape index (κ3) is 4.75. The van der Waals surface area contributed by atoms with Gasteiger partial charge in [0.05, 0.1) is 12.7 Å². The largest absolute Gasteiger partial charge is 0.465 e. The number of hydrogen-bond acceptors (Lipinski definition) is 4. The maximum Gasteiger partial charge on any atom is 0.337 e. The van der Waals surface area contributed by atoms with Crippen molar-refractivity contribution in [3.63, 3.8) is 0 Å². The zero-order valence-corrected chi connectivity index (χ0v) is 19.0. The number of methoxy groups -OCH3 is 1. The monoisotopic (exact) mass is 441 g/mol. The van der Waals surface area contributed by atoms with Gasteiger partial charge in [0, 0.05) is 54.9 Å². The molecule has 1 unspecified atom stereocenters. The lowest BCUT2D eigenvalue weighted by atomic mass is 9.90. The first-order valence-electron chi connectivity index (χ1n) is 10.8. The molecule has 0 aliphatic heterocycles. The summed E-state index contributed by atoms with van der Waals surface area (Å²) >= 11 is 0. The van der Waals surface area contributed by atoms with Gasteiger partial charge in [-0.05, 0) is 53.6 Å². The molecule has 0 aliphatic rings. The minimum absolute atomic E-state index is 0.0318. The number of para-hydroxylation sites is 1. The van der Waals surface area contributed by atoms with Crippen LogP contribution in [0, 0.1) is 0 Å². The van der Waals surface area contributed by atoms with Gasteiger partial charge in [0.25, 0.3) is 5.91 Å². The Hall–Kier alpha value is -4.06. The Morgan fingerprint density at radius 1 is 0.939 bits per heavy atom. The standard InChI is InChI=1S/C27H27N3O3/c1-30(2)21-14-12-18(13-15-21)23(24-17-28-25-7-5-4-6-22(24)25)16-29-26(31)19-8-10-20(11-9-19)27(32)33-3/h4-15,17,23,28H,16H2,1-3H3,(H,29,31). The summed E-state index contributed by atoms with van der Waals surface area (Å²) < 4.78 is 4.72. The second-order valence-electron chi connectivity index (χ2n) is 8.11. The van der Waals surface area contributed by atoms with E-state index in [4.69, 9.17) is 4.74 Å². The number of rotatable bonds is 7. The summed E-state index contributed by atoms with van der Waals surface area (Å²) in [5.74, 6) is -0.653. The van der Waals surface area contributed by atoms with Crippen molar-refractivity contribution >= 4 is 28.5 Å². The van der Waals surface area contributed by atoms with Gasteiger partial charge < -0.3 is 19.9 Å². The van der Waals surface area contributed by atoms with Crippen molar-refractivity contribution < 1.29 is 14.3 Å². The summed E-state index contributed by atoms with van der Waals surface area (Å²) in [6, 6.07) is 23.0. The van der Waals surface area contributed by atoms with E-state index in [-0.39, 0.29) is 11.8 Å². The van der Waals surface area contributed by atoms with Gasteiger partial charge in [-0.2, -0.15) is 0 Å². The van der Waals surface area contributed by atoms with Crippen molar-refractivity contribution in [3.8, 4) is 0 Å². The van der Waals surface area contributed by atoms with Crippen molar-refractivity contribution in [1.29, 1.82) is 0 Å². The molecule has 2 N–H and O–H groups in total. The lowest BCUT2D eigenvalue weighted by molar-refractivity contribution is 0.0600. The number of nitrogens with zero attached hydrogens (tertiary/aromatic N) is 1. The maximum atomic E-state index is 12.9. The number of H-pyrrole nitrogens is 1. The van der Waals surface area contributed by atoms with E-state index in [9.17, 15) is 9.59 Å². The second kappa shape index (κ2) is 9.61. The first-order valence-corrected chi connectivity index (χ1v) is 10.8. The summed E-state index contributed by atoms with van der Waals surface area (Å²) in [6.07, 6.45) is 2.02. The molecule has 6 nitrogen and oxygen atoms in total. The van der Waals surface area contributed by atoms with Crippen molar-refractivity contribution in [2.45, 2.75) is 5.92 Å². The summed E-state index contributed by atoms with van der Waals surface area (Å²) in [4.78, 5) is 29.9. The van der Waals surface area contributed by atoms with E-state index in [2.05, 4.69) is 45.5 Å². The highest BCUT2D eigenvalue weighted by Crippen LogP contribution is 2.31. The SMILES string of the molecule is COC(=O)c1ccc(C(=O)NCC(c2ccc(N(C)C)cc2)c2c[nH]c3ccccc23)cc1. The summed E-state index contributed by atoms with van der Waals surface area (Å²) in [7, 11) is 5.36. The van der Waals surface area contributed by atoms with Gasteiger partial charge in [0.1, 0.15) is 0 Å². The molecule has 0 bridgehead atoms. The van der Waals surface area contributed by atoms with Crippen LogP contribution in [0.1, 0.15) is 37.8 Å². The van der Waals surface area contributed by atoms with Gasteiger partial charge in [-0.3, -0.25) is 4.79 Å². The number of esters is 1. The van der Waals surface area contributed by atoms with Crippen LogP contribution in [0.25, 0.3) is 10.9 Å². The van der Waals surface area contributed by atoms with Crippen LogP contribution < -0.4 is 10.2 Å². The van der Waals surface area contributed by atoms with Gasteiger partial charge in [-0.15, -0.1) is 0 Å². The van der Waals surface area contributed by atoms with Crippen LogP contribution >= 0.6 is 0 Å². The molecule has 1 heterocycles. The Balaban J connectivity index is 1.60. The molecular formula is C27H27N3O3. The molecule has 3 aromatic carbocycles. The molecule has 33 heavy (non-hydrogen) atoms. The quantitative estimate of drug-likeness (QED) is 0.412. The first-order chi connectivity index (χ1) is 16.0. The molecule has 0 spiro atoms. The highest BCUT2D eigenvalue weighted by molar-refractivity contribution is 5.96. The minimum atomic E-state index is -0.428. The molecule has 0 fully saturated rings. The van der Waals surface area contributed by atoms with Crippen LogP contribution in [-0.2, 0) is 4.74 Å². The van der Waals surface area contributed by atoms with E-state index in [0.29, 0.717) is 17.7 Å². The van der Waals surface area contributed by atoms with Crippen molar-refractivity contribution in [3.05, 3.63) is 101 Å². The van der Waals surface area contributed by atoms with Crippen LogP contribution in [0.3, 0.4) is 0 Å². The fourth-order valence-corrected chi connectivity index (χ4v) is 3.97. The summed E-state index contributed by atoms with van der Waals surface area (Å²) in [5, 5.41) is 4.21. The molecule has 4 aromatic rings. The highest BCUT2D eigenvalue weighted by atomic mass is 16.5. The Bertz CT molecular complexity index is 1260. The maximum absolute atomic E-state index is 12.9. The number of nitrogens with one attached hydrogen (secondary N) is 2. The average Bonchev–Trinajstić information content (AvgIpc) is 3.28. The third-order valence-electron chi connectivity index (χ3n) is 5.84. The smallest absolute Gasteiger partial charge is 0.337 e.